The Morgan fingerprint density at radius 2 is 2.05 bits per heavy atom. The zero-order valence-electron chi connectivity index (χ0n) is 10.4. The van der Waals surface area contributed by atoms with Gasteiger partial charge in [-0.2, -0.15) is 0 Å². The molecule has 4 nitrogen and oxygen atoms in total. The zero-order valence-corrected chi connectivity index (χ0v) is 12.0. The third kappa shape index (κ3) is 2.78. The Bertz CT molecular complexity index is 720. The lowest BCUT2D eigenvalue weighted by atomic mass is 10.2. The summed E-state index contributed by atoms with van der Waals surface area (Å²) in [4.78, 5) is 23.3. The minimum absolute atomic E-state index is 0.0144. The molecule has 2 rings (SSSR count). The van der Waals surface area contributed by atoms with Crippen LogP contribution >= 0.6 is 15.9 Å². The van der Waals surface area contributed by atoms with E-state index in [0.29, 0.717) is 11.0 Å². The smallest absolute Gasteiger partial charge is 0.372 e. The Labute approximate surface area is 117 Å². The first-order valence-electron chi connectivity index (χ1n) is 6.07. The van der Waals surface area contributed by atoms with Gasteiger partial charge in [-0.05, 0) is 18.6 Å². The predicted octanol–water partition coefficient (Wildman–Crippen LogP) is 3.05. The van der Waals surface area contributed by atoms with Gasteiger partial charge >= 0.3 is 11.4 Å². The highest BCUT2D eigenvalue weighted by molar-refractivity contribution is 9.10. The van der Waals surface area contributed by atoms with Gasteiger partial charge in [0.05, 0.1) is 10.9 Å². The van der Waals surface area contributed by atoms with E-state index in [4.69, 9.17) is 0 Å². The van der Waals surface area contributed by atoms with E-state index >= 15 is 0 Å². The van der Waals surface area contributed by atoms with Gasteiger partial charge < -0.3 is 4.42 Å². The van der Waals surface area contributed by atoms with Gasteiger partial charge in [-0.15, -0.1) is 0 Å². The highest BCUT2D eigenvalue weighted by Crippen LogP contribution is 2.20. The average Bonchev–Trinajstić information content (AvgIpc) is 2.33. The number of fused-ring (bicyclic) bond motifs is 1. The van der Waals surface area contributed by atoms with Crippen LogP contribution in [0.2, 0.25) is 0 Å². The number of aryl methyl sites for hydroxylation is 1. The van der Waals surface area contributed by atoms with Crippen molar-refractivity contribution in [3.8, 4) is 0 Å². The summed E-state index contributed by atoms with van der Waals surface area (Å²) in [5.41, 5.74) is -0.799. The number of benzene rings is 1. The molecule has 2 aromatic rings. The fraction of sp³-hybridized carbons (Fsp3) is 0.385. The first-order chi connectivity index (χ1) is 9.04. The summed E-state index contributed by atoms with van der Waals surface area (Å²) in [5, 5.41) is 0.0722. The Morgan fingerprint density at radius 1 is 1.32 bits per heavy atom. The summed E-state index contributed by atoms with van der Waals surface area (Å²) in [6, 6.07) is 2.69. The number of hydrogen-bond acceptors (Lipinski definition) is 3. The van der Waals surface area contributed by atoms with Crippen LogP contribution in [0.4, 0.5) is 4.39 Å². The van der Waals surface area contributed by atoms with Crippen molar-refractivity contribution in [2.45, 2.75) is 32.7 Å². The van der Waals surface area contributed by atoms with Crippen LogP contribution in [-0.4, -0.2) is 4.57 Å². The van der Waals surface area contributed by atoms with Gasteiger partial charge in [0.15, 0.2) is 0 Å². The number of hydrogen-bond donors (Lipinski definition) is 0. The van der Waals surface area contributed by atoms with Crippen LogP contribution in [0.3, 0.4) is 0 Å². The molecule has 1 aromatic heterocycles. The molecule has 0 aliphatic rings. The third-order valence-electron chi connectivity index (χ3n) is 2.90. The lowest BCUT2D eigenvalue weighted by Crippen LogP contribution is -2.26. The number of aromatic nitrogens is 1. The van der Waals surface area contributed by atoms with Crippen LogP contribution < -0.4 is 11.4 Å². The normalized spacial score (nSPS) is 11.1. The monoisotopic (exact) mass is 329 g/mol. The van der Waals surface area contributed by atoms with Crippen LogP contribution in [-0.2, 0) is 6.54 Å². The first-order valence-corrected chi connectivity index (χ1v) is 6.86. The van der Waals surface area contributed by atoms with Crippen molar-refractivity contribution in [2.24, 2.45) is 0 Å². The minimum atomic E-state index is -0.813. The SMILES string of the molecule is CCCCCn1c(=O)oc(=O)c2cc(Br)cc(F)c21. The van der Waals surface area contributed by atoms with Gasteiger partial charge in [0.1, 0.15) is 5.82 Å². The second kappa shape index (κ2) is 5.69. The quantitative estimate of drug-likeness (QED) is 0.810. The highest BCUT2D eigenvalue weighted by atomic mass is 79.9. The van der Waals surface area contributed by atoms with Crippen molar-refractivity contribution < 1.29 is 8.81 Å². The van der Waals surface area contributed by atoms with E-state index in [2.05, 4.69) is 20.3 Å². The van der Waals surface area contributed by atoms with Crippen LogP contribution in [0.25, 0.3) is 10.9 Å². The first kappa shape index (κ1) is 14.0. The van der Waals surface area contributed by atoms with Crippen LogP contribution in [0, 0.1) is 5.82 Å². The van der Waals surface area contributed by atoms with E-state index < -0.39 is 17.2 Å². The molecule has 0 amide bonds. The summed E-state index contributed by atoms with van der Waals surface area (Å²) in [5.74, 6) is -1.42. The summed E-state index contributed by atoms with van der Waals surface area (Å²) in [7, 11) is 0. The lowest BCUT2D eigenvalue weighted by molar-refractivity contribution is 0.407. The molecule has 0 saturated heterocycles. The molecule has 1 heterocycles. The van der Waals surface area contributed by atoms with Gasteiger partial charge in [-0.25, -0.2) is 14.0 Å². The van der Waals surface area contributed by atoms with Crippen molar-refractivity contribution in [2.75, 3.05) is 0 Å². The van der Waals surface area contributed by atoms with Crippen LogP contribution in [0.5, 0.6) is 0 Å². The average molecular weight is 330 g/mol. The van der Waals surface area contributed by atoms with E-state index in [1.807, 2.05) is 6.92 Å². The minimum Gasteiger partial charge on any atom is -0.372 e. The molecule has 1 aromatic carbocycles. The number of rotatable bonds is 4. The topological polar surface area (TPSA) is 52.2 Å². The van der Waals surface area contributed by atoms with Crippen molar-refractivity contribution >= 4 is 26.8 Å². The molecule has 0 radical (unpaired) electrons. The molecule has 0 saturated carbocycles. The van der Waals surface area contributed by atoms with E-state index in [1.54, 1.807) is 0 Å². The predicted molar refractivity (Wildman–Crippen MR) is 73.9 cm³/mol. The van der Waals surface area contributed by atoms with Gasteiger partial charge in [-0.1, -0.05) is 35.7 Å². The standard InChI is InChI=1S/C13H13BrFNO3/c1-2-3-4-5-16-11-9(12(17)19-13(16)18)6-8(14)7-10(11)15/h6-7H,2-5H2,1H3. The third-order valence-corrected chi connectivity index (χ3v) is 3.36. The summed E-state index contributed by atoms with van der Waals surface area (Å²) in [6.45, 7) is 2.37. The fourth-order valence-electron chi connectivity index (χ4n) is 2.00. The van der Waals surface area contributed by atoms with Crippen molar-refractivity contribution in [3.05, 3.63) is 43.4 Å². The molecule has 0 spiro atoms. The van der Waals surface area contributed by atoms with Gasteiger partial charge in [0.25, 0.3) is 0 Å². The Kier molecular flexibility index (Phi) is 4.19. The largest absolute Gasteiger partial charge is 0.422 e. The Hall–Kier alpha value is -1.43. The van der Waals surface area contributed by atoms with E-state index in [9.17, 15) is 14.0 Å². The van der Waals surface area contributed by atoms with E-state index in [-0.39, 0.29) is 10.9 Å². The Balaban J connectivity index is 2.68. The van der Waals surface area contributed by atoms with Crippen molar-refractivity contribution in [3.63, 3.8) is 0 Å². The molecule has 0 N–H and O–H groups in total. The molecule has 6 heteroatoms. The molecule has 19 heavy (non-hydrogen) atoms. The Morgan fingerprint density at radius 3 is 2.74 bits per heavy atom. The summed E-state index contributed by atoms with van der Waals surface area (Å²) in [6.07, 6.45) is 2.64. The fourth-order valence-corrected chi connectivity index (χ4v) is 2.43. The van der Waals surface area contributed by atoms with E-state index in [1.165, 1.54) is 16.7 Å². The van der Waals surface area contributed by atoms with Crippen LogP contribution in [0.15, 0.2) is 30.6 Å². The molecule has 102 valence electrons. The molecular weight excluding hydrogens is 317 g/mol. The van der Waals surface area contributed by atoms with Gasteiger partial charge in [0, 0.05) is 11.0 Å². The number of halogens is 2. The lowest BCUT2D eigenvalue weighted by Gasteiger charge is -2.09. The van der Waals surface area contributed by atoms with Gasteiger partial charge in [-0.3, -0.25) is 4.57 Å². The maximum absolute atomic E-state index is 14.0. The second-order valence-corrected chi connectivity index (χ2v) is 5.21. The van der Waals surface area contributed by atoms with Crippen LogP contribution in [0.1, 0.15) is 26.2 Å². The number of nitrogens with zero attached hydrogens (tertiary/aromatic N) is 1. The summed E-state index contributed by atoms with van der Waals surface area (Å²) < 4.78 is 20.3. The molecule has 0 bridgehead atoms. The molecule has 0 aliphatic heterocycles. The molecule has 0 fully saturated rings. The molecule has 0 aliphatic carbocycles. The van der Waals surface area contributed by atoms with Crippen molar-refractivity contribution in [1.29, 1.82) is 0 Å². The maximum Gasteiger partial charge on any atom is 0.422 e. The molecule has 0 atom stereocenters. The summed E-state index contributed by atoms with van der Waals surface area (Å²) >= 11 is 3.12. The van der Waals surface area contributed by atoms with Crippen molar-refractivity contribution in [1.82, 2.24) is 4.57 Å². The number of unbranched alkanes of at least 4 members (excludes halogenated alkanes) is 2. The maximum atomic E-state index is 14.0. The van der Waals surface area contributed by atoms with E-state index in [0.717, 1.165) is 19.3 Å². The zero-order chi connectivity index (χ0) is 14.0. The highest BCUT2D eigenvalue weighted by Gasteiger charge is 2.14. The van der Waals surface area contributed by atoms with Gasteiger partial charge in [0.2, 0.25) is 0 Å². The molecular formula is C13H13BrFNO3. The second-order valence-electron chi connectivity index (χ2n) is 4.30. The molecule has 0 unspecified atom stereocenters.